The fourth-order valence-corrected chi connectivity index (χ4v) is 4.89. The van der Waals surface area contributed by atoms with Gasteiger partial charge in [0.25, 0.3) is 0 Å². The standard InChI is InChI=1S/C30H30ClF3N2O5/c1-18(19-6-9-22(31)10-7-19)28(29(39)36-12-11-20-5-8-21(14-26(20)36)30(32,33)34)35-23-15-24(40-2)17-25(16-23)41-13-3-4-27(37)38/h5-10,14-18,28,35H,3-4,11-13H2,1-2H3,(H,37,38)/t18-,28?/m0/s1. The minimum Gasteiger partial charge on any atom is -0.497 e. The highest BCUT2D eigenvalue weighted by Crippen LogP contribution is 2.38. The molecule has 0 bridgehead atoms. The molecular formula is C30H30ClF3N2O5. The number of alkyl halides is 3. The summed E-state index contributed by atoms with van der Waals surface area (Å²) in [6, 6.07) is 14.6. The summed E-state index contributed by atoms with van der Waals surface area (Å²) in [5.41, 5.74) is 1.39. The third-order valence-electron chi connectivity index (χ3n) is 6.98. The summed E-state index contributed by atoms with van der Waals surface area (Å²) in [4.78, 5) is 26.3. The molecule has 0 aliphatic carbocycles. The molecule has 1 unspecified atom stereocenters. The van der Waals surface area contributed by atoms with Gasteiger partial charge in [0.2, 0.25) is 5.91 Å². The average molecular weight is 591 g/mol. The fourth-order valence-electron chi connectivity index (χ4n) is 4.76. The van der Waals surface area contributed by atoms with Crippen molar-refractivity contribution in [3.05, 3.63) is 82.4 Å². The summed E-state index contributed by atoms with van der Waals surface area (Å²) < 4.78 is 51.6. The predicted molar refractivity (Wildman–Crippen MR) is 150 cm³/mol. The molecule has 1 aliphatic heterocycles. The maximum atomic E-state index is 14.1. The number of carbonyl (C=O) groups excluding carboxylic acids is 1. The van der Waals surface area contributed by atoms with Crippen molar-refractivity contribution >= 4 is 34.9 Å². The van der Waals surface area contributed by atoms with Gasteiger partial charge >= 0.3 is 12.1 Å². The molecule has 41 heavy (non-hydrogen) atoms. The summed E-state index contributed by atoms with van der Waals surface area (Å²) >= 11 is 6.08. The Morgan fingerprint density at radius 3 is 2.44 bits per heavy atom. The van der Waals surface area contributed by atoms with Crippen LogP contribution in [0.15, 0.2) is 60.7 Å². The fraction of sp³-hybridized carbons (Fsp3) is 0.333. The van der Waals surface area contributed by atoms with Crippen LogP contribution < -0.4 is 19.7 Å². The smallest absolute Gasteiger partial charge is 0.416 e. The highest BCUT2D eigenvalue weighted by Gasteiger charge is 2.37. The van der Waals surface area contributed by atoms with Crippen molar-refractivity contribution in [3.8, 4) is 11.5 Å². The third kappa shape index (κ3) is 7.43. The SMILES string of the molecule is COc1cc(NC(C(=O)N2CCc3ccc(C(F)(F)F)cc32)[C@@H](C)c2ccc(Cl)cc2)cc(OCCCC(=O)O)c1. The monoisotopic (exact) mass is 590 g/mol. The Kier molecular flexibility index (Phi) is 9.32. The number of benzene rings is 3. The highest BCUT2D eigenvalue weighted by molar-refractivity contribution is 6.30. The van der Waals surface area contributed by atoms with Crippen molar-refractivity contribution < 1.29 is 37.3 Å². The summed E-state index contributed by atoms with van der Waals surface area (Å²) in [6.45, 7) is 2.26. The molecule has 0 aromatic heterocycles. The third-order valence-corrected chi connectivity index (χ3v) is 7.23. The van der Waals surface area contributed by atoms with E-state index in [4.69, 9.17) is 26.2 Å². The molecule has 2 atom stereocenters. The minimum atomic E-state index is -4.54. The van der Waals surface area contributed by atoms with Crippen molar-refractivity contribution in [2.45, 2.75) is 44.3 Å². The number of carbonyl (C=O) groups is 2. The van der Waals surface area contributed by atoms with Crippen LogP contribution in [-0.2, 0) is 22.2 Å². The molecule has 7 nitrogen and oxygen atoms in total. The normalized spacial score (nSPS) is 14.2. The number of hydrogen-bond donors (Lipinski definition) is 2. The number of methoxy groups -OCH3 is 1. The number of nitrogens with zero attached hydrogens (tertiary/aromatic N) is 1. The molecule has 0 saturated heterocycles. The van der Waals surface area contributed by atoms with Gasteiger partial charge in [0.15, 0.2) is 0 Å². The maximum Gasteiger partial charge on any atom is 0.416 e. The Morgan fingerprint density at radius 1 is 1.07 bits per heavy atom. The number of nitrogens with one attached hydrogen (secondary N) is 1. The summed E-state index contributed by atoms with van der Waals surface area (Å²) in [5.74, 6) is -0.887. The van der Waals surface area contributed by atoms with Gasteiger partial charge in [0, 0.05) is 53.5 Å². The second-order valence-corrected chi connectivity index (χ2v) is 10.2. The van der Waals surface area contributed by atoms with Crippen molar-refractivity contribution in [1.29, 1.82) is 0 Å². The first kappa shape index (κ1) is 30.0. The second kappa shape index (κ2) is 12.7. The molecule has 0 saturated carbocycles. The van der Waals surface area contributed by atoms with E-state index in [0.29, 0.717) is 40.6 Å². The van der Waals surface area contributed by atoms with Crippen LogP contribution in [0.3, 0.4) is 0 Å². The van der Waals surface area contributed by atoms with E-state index in [0.717, 1.165) is 17.7 Å². The number of aliphatic carboxylic acids is 1. The molecule has 1 amide bonds. The summed E-state index contributed by atoms with van der Waals surface area (Å²) in [5, 5.41) is 12.7. The topological polar surface area (TPSA) is 88.1 Å². The zero-order chi connectivity index (χ0) is 29.7. The van der Waals surface area contributed by atoms with Crippen molar-refractivity contribution in [1.82, 2.24) is 0 Å². The quantitative estimate of drug-likeness (QED) is 0.239. The largest absolute Gasteiger partial charge is 0.497 e. The molecule has 218 valence electrons. The van der Waals surface area contributed by atoms with E-state index in [1.807, 2.05) is 6.92 Å². The average Bonchev–Trinajstić information content (AvgIpc) is 3.36. The molecular weight excluding hydrogens is 561 g/mol. The van der Waals surface area contributed by atoms with E-state index in [2.05, 4.69) is 5.32 Å². The second-order valence-electron chi connectivity index (χ2n) is 9.79. The van der Waals surface area contributed by atoms with Crippen molar-refractivity contribution in [2.24, 2.45) is 0 Å². The molecule has 0 fully saturated rings. The number of halogens is 4. The van der Waals surface area contributed by atoms with Crippen LogP contribution >= 0.6 is 11.6 Å². The molecule has 2 N–H and O–H groups in total. The Labute approximate surface area is 240 Å². The molecule has 4 rings (SSSR count). The molecule has 11 heteroatoms. The highest BCUT2D eigenvalue weighted by atomic mass is 35.5. The number of hydrogen-bond acceptors (Lipinski definition) is 5. The van der Waals surface area contributed by atoms with Crippen LogP contribution in [0.25, 0.3) is 0 Å². The molecule has 3 aromatic carbocycles. The lowest BCUT2D eigenvalue weighted by Crippen LogP contribution is -2.45. The van der Waals surface area contributed by atoms with Gasteiger partial charge in [-0.15, -0.1) is 0 Å². The first-order valence-corrected chi connectivity index (χ1v) is 13.4. The van der Waals surface area contributed by atoms with Crippen LogP contribution in [0.5, 0.6) is 11.5 Å². The van der Waals surface area contributed by atoms with Gasteiger partial charge < -0.3 is 24.8 Å². The lowest BCUT2D eigenvalue weighted by atomic mass is 9.92. The number of ether oxygens (including phenoxy) is 2. The number of rotatable bonds is 11. The predicted octanol–water partition coefficient (Wildman–Crippen LogP) is 6.78. The number of anilines is 2. The molecule has 0 spiro atoms. The Balaban J connectivity index is 1.67. The lowest BCUT2D eigenvalue weighted by Gasteiger charge is -2.30. The van der Waals surface area contributed by atoms with E-state index < -0.39 is 35.6 Å². The van der Waals surface area contributed by atoms with E-state index in [-0.39, 0.29) is 25.3 Å². The van der Waals surface area contributed by atoms with Gasteiger partial charge in [0.05, 0.1) is 19.3 Å². The lowest BCUT2D eigenvalue weighted by molar-refractivity contribution is -0.138. The Hall–Kier alpha value is -3.92. The number of carboxylic acid groups (broad SMARTS) is 1. The van der Waals surface area contributed by atoms with Crippen molar-refractivity contribution in [2.75, 3.05) is 30.5 Å². The summed E-state index contributed by atoms with van der Waals surface area (Å²) in [6.07, 6.45) is -3.84. The minimum absolute atomic E-state index is 0.0440. The first-order chi connectivity index (χ1) is 19.5. The van der Waals surface area contributed by atoms with E-state index in [1.54, 1.807) is 42.5 Å². The maximum absolute atomic E-state index is 14.1. The summed E-state index contributed by atoms with van der Waals surface area (Å²) in [7, 11) is 1.48. The zero-order valence-corrected chi connectivity index (χ0v) is 23.3. The Bertz CT molecular complexity index is 1400. The van der Waals surface area contributed by atoms with Crippen LogP contribution in [0.4, 0.5) is 24.5 Å². The van der Waals surface area contributed by atoms with Crippen LogP contribution in [0, 0.1) is 0 Å². The molecule has 0 radical (unpaired) electrons. The van der Waals surface area contributed by atoms with Crippen molar-refractivity contribution in [3.63, 3.8) is 0 Å². The van der Waals surface area contributed by atoms with Gasteiger partial charge in [-0.3, -0.25) is 9.59 Å². The number of amides is 1. The van der Waals surface area contributed by atoms with E-state index in [1.165, 1.54) is 18.1 Å². The van der Waals surface area contributed by atoms with Crippen LogP contribution in [0.2, 0.25) is 5.02 Å². The van der Waals surface area contributed by atoms with Crippen LogP contribution in [-0.4, -0.2) is 43.3 Å². The van der Waals surface area contributed by atoms with Gasteiger partial charge in [-0.2, -0.15) is 13.2 Å². The van der Waals surface area contributed by atoms with E-state index in [9.17, 15) is 22.8 Å². The molecule has 1 heterocycles. The van der Waals surface area contributed by atoms with Crippen LogP contribution in [0.1, 0.15) is 42.4 Å². The van der Waals surface area contributed by atoms with E-state index >= 15 is 0 Å². The number of fused-ring (bicyclic) bond motifs is 1. The zero-order valence-electron chi connectivity index (χ0n) is 22.5. The molecule has 3 aromatic rings. The van der Waals surface area contributed by atoms with Gasteiger partial charge in [-0.1, -0.05) is 36.7 Å². The van der Waals surface area contributed by atoms with Gasteiger partial charge in [-0.25, -0.2) is 0 Å². The number of carboxylic acids is 1. The first-order valence-electron chi connectivity index (χ1n) is 13.0. The molecule has 1 aliphatic rings. The van der Waals surface area contributed by atoms with Gasteiger partial charge in [-0.05, 0) is 48.2 Å². The van der Waals surface area contributed by atoms with Gasteiger partial charge in [0.1, 0.15) is 17.5 Å². The Morgan fingerprint density at radius 2 is 1.78 bits per heavy atom.